The maximum Gasteiger partial charge on any atom is 0.253 e. The first kappa shape index (κ1) is 21.2. The highest BCUT2D eigenvalue weighted by atomic mass is 32.2. The minimum Gasteiger partial charge on any atom is -0.353 e. The summed E-state index contributed by atoms with van der Waals surface area (Å²) in [4.78, 5) is 26.4. The van der Waals surface area contributed by atoms with Crippen molar-refractivity contribution in [3.8, 4) is 0 Å². The maximum absolute atomic E-state index is 12.6. The Balaban J connectivity index is 1.86. The van der Waals surface area contributed by atoms with E-state index in [4.69, 9.17) is 0 Å². The van der Waals surface area contributed by atoms with Gasteiger partial charge in [0.05, 0.1) is 6.26 Å². The molecule has 1 saturated heterocycles. The molecule has 1 aliphatic heterocycles. The minimum atomic E-state index is -3.34. The van der Waals surface area contributed by atoms with Crippen LogP contribution in [0.2, 0.25) is 0 Å². The molecule has 0 saturated carbocycles. The van der Waals surface area contributed by atoms with Crippen LogP contribution in [0.5, 0.6) is 0 Å². The Hall–Kier alpha value is -2.09. The number of amides is 2. The fraction of sp³-hybridized carbons (Fsp3) is 0.579. The lowest BCUT2D eigenvalue weighted by Crippen LogP contribution is -2.47. The van der Waals surface area contributed by atoms with E-state index in [0.717, 1.165) is 19.1 Å². The number of nitrogens with one attached hydrogen (secondary N) is 2. The number of sulfonamides is 1. The Kier molecular flexibility index (Phi) is 6.51. The molecular formula is C19H29N3O4S. The lowest BCUT2D eigenvalue weighted by molar-refractivity contribution is -0.123. The summed E-state index contributed by atoms with van der Waals surface area (Å²) in [6.45, 7) is 7.27. The van der Waals surface area contributed by atoms with Crippen LogP contribution in [0.1, 0.15) is 50.4 Å². The molecule has 0 unspecified atom stereocenters. The van der Waals surface area contributed by atoms with Gasteiger partial charge in [-0.1, -0.05) is 20.8 Å². The van der Waals surface area contributed by atoms with Gasteiger partial charge in [0.15, 0.2) is 0 Å². The minimum absolute atomic E-state index is 0.0428. The Morgan fingerprint density at radius 2 is 1.67 bits per heavy atom. The van der Waals surface area contributed by atoms with Crippen LogP contribution in [-0.2, 0) is 14.8 Å². The van der Waals surface area contributed by atoms with Gasteiger partial charge in [0.25, 0.3) is 5.91 Å². The number of benzene rings is 1. The van der Waals surface area contributed by atoms with Crippen molar-refractivity contribution < 1.29 is 18.0 Å². The van der Waals surface area contributed by atoms with E-state index in [1.165, 1.54) is 0 Å². The number of piperidine rings is 1. The van der Waals surface area contributed by atoms with E-state index in [1.807, 2.05) is 20.8 Å². The zero-order valence-electron chi connectivity index (χ0n) is 16.4. The maximum atomic E-state index is 12.6. The first-order chi connectivity index (χ1) is 12.4. The molecule has 27 heavy (non-hydrogen) atoms. The molecule has 1 fully saturated rings. The Morgan fingerprint density at radius 1 is 1.11 bits per heavy atom. The summed E-state index contributed by atoms with van der Waals surface area (Å²) >= 11 is 0. The predicted octanol–water partition coefficient (Wildman–Crippen LogP) is 2.22. The van der Waals surface area contributed by atoms with E-state index in [9.17, 15) is 18.0 Å². The SMILES string of the molecule is CC(C)(C)CC(=O)NC1CCN(C(=O)c2ccc(NS(C)(=O)=O)cc2)CC1. The largest absolute Gasteiger partial charge is 0.353 e. The molecule has 0 radical (unpaired) electrons. The van der Waals surface area contributed by atoms with Gasteiger partial charge in [0.1, 0.15) is 0 Å². The summed E-state index contributed by atoms with van der Waals surface area (Å²) in [5.41, 5.74) is 0.900. The monoisotopic (exact) mass is 395 g/mol. The fourth-order valence-corrected chi connectivity index (χ4v) is 3.63. The molecule has 0 atom stereocenters. The summed E-state index contributed by atoms with van der Waals surface area (Å²) in [6, 6.07) is 6.49. The number of hydrogen-bond donors (Lipinski definition) is 2. The lowest BCUT2D eigenvalue weighted by atomic mass is 9.91. The highest BCUT2D eigenvalue weighted by molar-refractivity contribution is 7.92. The topological polar surface area (TPSA) is 95.6 Å². The molecular weight excluding hydrogens is 366 g/mol. The van der Waals surface area contributed by atoms with Gasteiger partial charge in [-0.3, -0.25) is 14.3 Å². The zero-order valence-corrected chi connectivity index (χ0v) is 17.2. The molecule has 8 heteroatoms. The number of likely N-dealkylation sites (tertiary alicyclic amines) is 1. The molecule has 2 amide bonds. The molecule has 1 heterocycles. The van der Waals surface area contributed by atoms with Crippen LogP contribution in [0, 0.1) is 5.41 Å². The lowest BCUT2D eigenvalue weighted by Gasteiger charge is -2.33. The highest BCUT2D eigenvalue weighted by Crippen LogP contribution is 2.20. The molecule has 7 nitrogen and oxygen atoms in total. The molecule has 1 aromatic carbocycles. The number of anilines is 1. The summed E-state index contributed by atoms with van der Waals surface area (Å²) in [5.74, 6) is -0.0263. The third-order valence-corrected chi connectivity index (χ3v) is 4.88. The number of hydrogen-bond acceptors (Lipinski definition) is 4. The van der Waals surface area contributed by atoms with E-state index in [2.05, 4.69) is 10.0 Å². The van der Waals surface area contributed by atoms with Crippen molar-refractivity contribution in [2.24, 2.45) is 5.41 Å². The van der Waals surface area contributed by atoms with Gasteiger partial charge in [0.2, 0.25) is 15.9 Å². The van der Waals surface area contributed by atoms with Crippen LogP contribution in [0.3, 0.4) is 0 Å². The Labute approximate surface area is 161 Å². The average Bonchev–Trinajstić information content (AvgIpc) is 2.52. The summed E-state index contributed by atoms with van der Waals surface area (Å²) in [7, 11) is -3.34. The number of nitrogens with zero attached hydrogens (tertiary/aromatic N) is 1. The standard InChI is InChI=1S/C19H29N3O4S/c1-19(2,3)13-17(23)20-15-9-11-22(12-10-15)18(24)14-5-7-16(8-6-14)21-27(4,25)26/h5-8,15,21H,9-13H2,1-4H3,(H,20,23). The summed E-state index contributed by atoms with van der Waals surface area (Å²) < 4.78 is 24.8. The van der Waals surface area contributed by atoms with Crippen molar-refractivity contribution in [1.82, 2.24) is 10.2 Å². The summed E-state index contributed by atoms with van der Waals surface area (Å²) in [6.07, 6.45) is 3.03. The highest BCUT2D eigenvalue weighted by Gasteiger charge is 2.25. The van der Waals surface area contributed by atoms with Gasteiger partial charge < -0.3 is 10.2 Å². The van der Waals surface area contributed by atoms with Gasteiger partial charge in [-0.05, 0) is 42.5 Å². The second kappa shape index (κ2) is 8.29. The average molecular weight is 396 g/mol. The van der Waals surface area contributed by atoms with Gasteiger partial charge in [0, 0.05) is 36.8 Å². The van der Waals surface area contributed by atoms with Gasteiger partial charge >= 0.3 is 0 Å². The molecule has 0 aliphatic carbocycles. The molecule has 2 N–H and O–H groups in total. The first-order valence-corrected chi connectivity index (χ1v) is 11.0. The van der Waals surface area contributed by atoms with Gasteiger partial charge in [-0.25, -0.2) is 8.42 Å². The summed E-state index contributed by atoms with van der Waals surface area (Å²) in [5, 5.41) is 3.06. The molecule has 2 rings (SSSR count). The van der Waals surface area contributed by atoms with E-state index in [0.29, 0.717) is 30.8 Å². The van der Waals surface area contributed by atoms with Crippen molar-refractivity contribution in [1.29, 1.82) is 0 Å². The molecule has 150 valence electrons. The van der Waals surface area contributed by atoms with Crippen molar-refractivity contribution in [3.63, 3.8) is 0 Å². The van der Waals surface area contributed by atoms with Crippen LogP contribution in [-0.4, -0.2) is 50.5 Å². The van der Waals surface area contributed by atoms with Crippen molar-refractivity contribution in [3.05, 3.63) is 29.8 Å². The second-order valence-electron chi connectivity index (χ2n) is 8.32. The third-order valence-electron chi connectivity index (χ3n) is 4.27. The second-order valence-corrected chi connectivity index (χ2v) is 10.1. The number of rotatable bonds is 5. The molecule has 1 aromatic rings. The van der Waals surface area contributed by atoms with Crippen molar-refractivity contribution in [2.45, 2.75) is 46.1 Å². The first-order valence-electron chi connectivity index (χ1n) is 9.09. The zero-order chi connectivity index (χ0) is 20.2. The number of carbonyl (C=O) groups excluding carboxylic acids is 2. The molecule has 0 bridgehead atoms. The normalized spacial score (nSPS) is 16.1. The third kappa shape index (κ3) is 7.21. The van der Waals surface area contributed by atoms with E-state index < -0.39 is 10.0 Å². The van der Waals surface area contributed by atoms with Crippen LogP contribution < -0.4 is 10.0 Å². The van der Waals surface area contributed by atoms with E-state index in [1.54, 1.807) is 29.2 Å². The molecule has 0 aromatic heterocycles. The predicted molar refractivity (Wildman–Crippen MR) is 106 cm³/mol. The number of carbonyl (C=O) groups is 2. The van der Waals surface area contributed by atoms with Gasteiger partial charge in [-0.15, -0.1) is 0 Å². The smallest absolute Gasteiger partial charge is 0.253 e. The van der Waals surface area contributed by atoms with E-state index >= 15 is 0 Å². The molecule has 1 aliphatic rings. The van der Waals surface area contributed by atoms with Crippen LogP contribution in [0.4, 0.5) is 5.69 Å². The van der Waals surface area contributed by atoms with Crippen LogP contribution in [0.15, 0.2) is 24.3 Å². The Bertz CT molecular complexity index is 774. The molecule has 0 spiro atoms. The fourth-order valence-electron chi connectivity index (χ4n) is 3.06. The van der Waals surface area contributed by atoms with Crippen LogP contribution >= 0.6 is 0 Å². The Morgan fingerprint density at radius 3 is 2.15 bits per heavy atom. The van der Waals surface area contributed by atoms with Crippen molar-refractivity contribution in [2.75, 3.05) is 24.1 Å². The van der Waals surface area contributed by atoms with Gasteiger partial charge in [-0.2, -0.15) is 0 Å². The van der Waals surface area contributed by atoms with E-state index in [-0.39, 0.29) is 23.3 Å². The van der Waals surface area contributed by atoms with Crippen molar-refractivity contribution >= 4 is 27.5 Å². The van der Waals surface area contributed by atoms with Crippen LogP contribution in [0.25, 0.3) is 0 Å². The quantitative estimate of drug-likeness (QED) is 0.799.